The lowest BCUT2D eigenvalue weighted by molar-refractivity contribution is -0.384. The quantitative estimate of drug-likeness (QED) is 0.593. The minimum Gasteiger partial charge on any atom is -0.313 e. The number of nitrogens with one attached hydrogen (secondary N) is 2. The van der Waals surface area contributed by atoms with Crippen LogP contribution in [0.25, 0.3) is 0 Å². The van der Waals surface area contributed by atoms with Gasteiger partial charge in [-0.05, 0) is 12.1 Å². The van der Waals surface area contributed by atoms with Crippen LogP contribution in [-0.2, 0) is 9.84 Å². The Morgan fingerprint density at radius 1 is 1.10 bits per heavy atom. The van der Waals surface area contributed by atoms with Crippen LogP contribution in [-0.4, -0.2) is 23.3 Å². The molecule has 1 aromatic carbocycles. The highest BCUT2D eigenvalue weighted by atomic mass is 32.2. The van der Waals surface area contributed by atoms with Crippen LogP contribution in [0.1, 0.15) is 0 Å². The van der Waals surface area contributed by atoms with Gasteiger partial charge in [0.05, 0.1) is 9.82 Å². The van der Waals surface area contributed by atoms with Crippen molar-refractivity contribution in [2.24, 2.45) is 0 Å². The number of nitro benzene ring substituents is 1. The SMILES string of the molecule is O=c1[nH]cc(S(=O)(=O)c2ccc([N+](=O)[O-])cc2)c(=O)[nH]1. The predicted octanol–water partition coefficient (Wildman–Crippen LogP) is -0.196. The molecule has 0 fully saturated rings. The van der Waals surface area contributed by atoms with E-state index in [4.69, 9.17) is 0 Å². The maximum absolute atomic E-state index is 12.1. The third kappa shape index (κ3) is 2.36. The molecular formula is C10H7N3O6S. The molecule has 10 heteroatoms. The van der Waals surface area contributed by atoms with Gasteiger partial charge in [-0.15, -0.1) is 0 Å². The minimum atomic E-state index is -4.17. The average molecular weight is 297 g/mol. The van der Waals surface area contributed by atoms with E-state index >= 15 is 0 Å². The summed E-state index contributed by atoms with van der Waals surface area (Å²) in [4.78, 5) is 35.0. The second-order valence-corrected chi connectivity index (χ2v) is 5.61. The highest BCUT2D eigenvalue weighted by Crippen LogP contribution is 2.20. The zero-order chi connectivity index (χ0) is 14.9. The predicted molar refractivity (Wildman–Crippen MR) is 66.2 cm³/mol. The molecule has 2 rings (SSSR count). The maximum Gasteiger partial charge on any atom is 0.325 e. The Labute approximate surface area is 111 Å². The summed E-state index contributed by atoms with van der Waals surface area (Å²) in [6, 6.07) is 4.04. The number of rotatable bonds is 3. The molecule has 0 aliphatic heterocycles. The molecule has 0 amide bonds. The lowest BCUT2D eigenvalue weighted by atomic mass is 10.3. The molecule has 0 bridgehead atoms. The molecule has 20 heavy (non-hydrogen) atoms. The fourth-order valence-electron chi connectivity index (χ4n) is 1.47. The number of H-pyrrole nitrogens is 2. The second kappa shape index (κ2) is 4.74. The number of sulfone groups is 1. The van der Waals surface area contributed by atoms with Gasteiger partial charge in [-0.2, -0.15) is 0 Å². The van der Waals surface area contributed by atoms with E-state index in [1.807, 2.05) is 4.98 Å². The van der Waals surface area contributed by atoms with Crippen LogP contribution in [0.15, 0.2) is 49.8 Å². The van der Waals surface area contributed by atoms with Gasteiger partial charge in [0.2, 0.25) is 9.84 Å². The van der Waals surface area contributed by atoms with Gasteiger partial charge in [0.15, 0.2) is 4.90 Å². The Hall–Kier alpha value is -2.75. The molecule has 2 N–H and O–H groups in total. The first kappa shape index (κ1) is 13.7. The lowest BCUT2D eigenvalue weighted by Crippen LogP contribution is -2.26. The number of nitro groups is 1. The summed E-state index contributed by atoms with van der Waals surface area (Å²) >= 11 is 0. The number of hydrogen-bond acceptors (Lipinski definition) is 6. The van der Waals surface area contributed by atoms with E-state index < -0.39 is 30.9 Å². The van der Waals surface area contributed by atoms with Crippen molar-refractivity contribution in [1.82, 2.24) is 9.97 Å². The van der Waals surface area contributed by atoms with Crippen LogP contribution in [0.3, 0.4) is 0 Å². The van der Waals surface area contributed by atoms with Crippen LogP contribution in [0, 0.1) is 10.1 Å². The van der Waals surface area contributed by atoms with Crippen molar-refractivity contribution < 1.29 is 13.3 Å². The van der Waals surface area contributed by atoms with Gasteiger partial charge in [0.1, 0.15) is 0 Å². The van der Waals surface area contributed by atoms with Crippen molar-refractivity contribution in [1.29, 1.82) is 0 Å². The molecule has 9 nitrogen and oxygen atoms in total. The summed E-state index contributed by atoms with van der Waals surface area (Å²) < 4.78 is 24.3. The van der Waals surface area contributed by atoms with E-state index in [1.165, 1.54) is 0 Å². The molecule has 1 heterocycles. The fraction of sp³-hybridized carbons (Fsp3) is 0. The molecule has 104 valence electrons. The highest BCUT2D eigenvalue weighted by molar-refractivity contribution is 7.91. The van der Waals surface area contributed by atoms with Crippen LogP contribution >= 0.6 is 0 Å². The second-order valence-electron chi connectivity index (χ2n) is 3.69. The van der Waals surface area contributed by atoms with Crippen LogP contribution in [0.5, 0.6) is 0 Å². The summed E-state index contributed by atoms with van der Waals surface area (Å²) in [6.45, 7) is 0. The molecule has 1 aromatic heterocycles. The summed E-state index contributed by atoms with van der Waals surface area (Å²) in [5, 5.41) is 10.5. The minimum absolute atomic E-state index is 0.278. The number of benzene rings is 1. The Bertz CT molecular complexity index is 878. The summed E-state index contributed by atoms with van der Waals surface area (Å²) in [5.41, 5.74) is -2.18. The third-order valence-electron chi connectivity index (χ3n) is 2.43. The molecule has 2 aromatic rings. The van der Waals surface area contributed by atoms with Crippen molar-refractivity contribution in [3.8, 4) is 0 Å². The van der Waals surface area contributed by atoms with Crippen molar-refractivity contribution in [2.45, 2.75) is 9.79 Å². The smallest absolute Gasteiger partial charge is 0.313 e. The summed E-state index contributed by atoms with van der Waals surface area (Å²) in [7, 11) is -4.17. The molecular weight excluding hydrogens is 290 g/mol. The van der Waals surface area contributed by atoms with E-state index in [0.29, 0.717) is 0 Å². The summed E-state index contributed by atoms with van der Waals surface area (Å²) in [5.74, 6) is 0. The number of aromatic nitrogens is 2. The van der Waals surface area contributed by atoms with E-state index in [9.17, 15) is 28.1 Å². The van der Waals surface area contributed by atoms with Crippen LogP contribution in [0.2, 0.25) is 0 Å². The number of non-ortho nitro benzene ring substituents is 1. The Morgan fingerprint density at radius 3 is 2.20 bits per heavy atom. The normalized spacial score (nSPS) is 11.2. The van der Waals surface area contributed by atoms with E-state index in [2.05, 4.69) is 0 Å². The lowest BCUT2D eigenvalue weighted by Gasteiger charge is -2.02. The van der Waals surface area contributed by atoms with Crippen LogP contribution < -0.4 is 11.2 Å². The average Bonchev–Trinajstić information content (AvgIpc) is 2.38. The van der Waals surface area contributed by atoms with Crippen LogP contribution in [0.4, 0.5) is 5.69 Å². The van der Waals surface area contributed by atoms with Gasteiger partial charge in [0.25, 0.3) is 11.2 Å². The van der Waals surface area contributed by atoms with Gasteiger partial charge in [0, 0.05) is 18.3 Å². The van der Waals surface area contributed by atoms with Crippen molar-refractivity contribution in [3.63, 3.8) is 0 Å². The molecule has 0 saturated carbocycles. The largest absolute Gasteiger partial charge is 0.325 e. The van der Waals surface area contributed by atoms with Gasteiger partial charge < -0.3 is 4.98 Å². The van der Waals surface area contributed by atoms with E-state index in [0.717, 1.165) is 30.5 Å². The van der Waals surface area contributed by atoms with Gasteiger partial charge in [-0.3, -0.25) is 19.9 Å². The highest BCUT2D eigenvalue weighted by Gasteiger charge is 2.22. The standard InChI is InChI=1S/C10H7N3O6S/c14-9-8(5-11-10(15)12-9)20(18,19)7-3-1-6(2-4-7)13(16)17/h1-5H,(H2,11,12,14,15). The zero-order valence-electron chi connectivity index (χ0n) is 9.69. The number of hydrogen-bond donors (Lipinski definition) is 2. The first-order valence-corrected chi connectivity index (χ1v) is 6.62. The monoisotopic (exact) mass is 297 g/mol. The molecule has 0 spiro atoms. The maximum atomic E-state index is 12.1. The number of nitrogens with zero attached hydrogens (tertiary/aromatic N) is 1. The molecule has 0 radical (unpaired) electrons. The Kier molecular flexibility index (Phi) is 3.24. The first-order valence-electron chi connectivity index (χ1n) is 5.14. The van der Waals surface area contributed by atoms with Crippen molar-refractivity contribution in [2.75, 3.05) is 0 Å². The van der Waals surface area contributed by atoms with Gasteiger partial charge >= 0.3 is 5.69 Å². The van der Waals surface area contributed by atoms with E-state index in [1.54, 1.807) is 4.98 Å². The van der Waals surface area contributed by atoms with Gasteiger partial charge in [-0.1, -0.05) is 0 Å². The zero-order valence-corrected chi connectivity index (χ0v) is 10.5. The topological polar surface area (TPSA) is 143 Å². The number of aromatic amines is 2. The molecule has 0 unspecified atom stereocenters. The Balaban J connectivity index is 2.58. The Morgan fingerprint density at radius 2 is 1.70 bits per heavy atom. The van der Waals surface area contributed by atoms with Crippen molar-refractivity contribution in [3.05, 3.63) is 61.4 Å². The fourth-order valence-corrected chi connectivity index (χ4v) is 2.73. The molecule has 0 aliphatic rings. The molecule has 0 aliphatic carbocycles. The molecule has 0 atom stereocenters. The first-order chi connectivity index (χ1) is 9.32. The summed E-state index contributed by atoms with van der Waals surface area (Å²) in [6.07, 6.45) is 0.776. The third-order valence-corrected chi connectivity index (χ3v) is 4.21. The van der Waals surface area contributed by atoms with E-state index in [-0.39, 0.29) is 10.6 Å². The van der Waals surface area contributed by atoms with Crippen molar-refractivity contribution >= 4 is 15.5 Å². The molecule has 0 saturated heterocycles. The van der Waals surface area contributed by atoms with Gasteiger partial charge in [-0.25, -0.2) is 13.2 Å².